The first-order valence-corrected chi connectivity index (χ1v) is 11.3. The lowest BCUT2D eigenvalue weighted by Gasteiger charge is -2.22. The van der Waals surface area contributed by atoms with E-state index in [1.807, 2.05) is 58.0 Å². The summed E-state index contributed by atoms with van der Waals surface area (Å²) in [6.45, 7) is 8.31. The van der Waals surface area contributed by atoms with Gasteiger partial charge in [-0.3, -0.25) is 4.79 Å². The van der Waals surface area contributed by atoms with Crippen molar-refractivity contribution in [1.29, 1.82) is 0 Å². The van der Waals surface area contributed by atoms with Gasteiger partial charge in [0.15, 0.2) is 0 Å². The fraction of sp³-hybridized carbons (Fsp3) is 0.346. The van der Waals surface area contributed by atoms with Gasteiger partial charge in [0.25, 0.3) is 0 Å². The highest BCUT2D eigenvalue weighted by molar-refractivity contribution is 5.96. The fourth-order valence-corrected chi connectivity index (χ4v) is 3.37. The van der Waals surface area contributed by atoms with Gasteiger partial charge in [0.2, 0.25) is 5.91 Å². The number of aromatic nitrogens is 2. The third-order valence-electron chi connectivity index (χ3n) is 5.25. The van der Waals surface area contributed by atoms with Crippen molar-refractivity contribution in [2.75, 3.05) is 37.4 Å². The molecular formula is C26H32FN5O3. The zero-order chi connectivity index (χ0) is 25.6. The zero-order valence-corrected chi connectivity index (χ0v) is 20.8. The number of anilines is 2. The molecular weight excluding hydrogens is 449 g/mol. The Kier molecular flexibility index (Phi) is 8.24. The van der Waals surface area contributed by atoms with Crippen LogP contribution in [0, 0.1) is 12.7 Å². The van der Waals surface area contributed by atoms with Gasteiger partial charge in [0.05, 0.1) is 18.0 Å². The van der Waals surface area contributed by atoms with E-state index in [4.69, 9.17) is 9.84 Å². The summed E-state index contributed by atoms with van der Waals surface area (Å²) in [4.78, 5) is 27.2. The summed E-state index contributed by atoms with van der Waals surface area (Å²) in [5, 5.41) is 10.2. The number of hydrogen-bond donors (Lipinski definition) is 2. The maximum atomic E-state index is 13.5. The molecule has 0 aliphatic carbocycles. The molecule has 0 spiro atoms. The zero-order valence-electron chi connectivity index (χ0n) is 20.8. The number of nitrogens with one attached hydrogen (secondary N) is 2. The molecule has 9 heteroatoms. The lowest BCUT2D eigenvalue weighted by atomic mass is 9.92. The van der Waals surface area contributed by atoms with Crippen LogP contribution in [-0.2, 0) is 14.9 Å². The van der Waals surface area contributed by atoms with E-state index in [9.17, 15) is 14.0 Å². The maximum absolute atomic E-state index is 13.5. The summed E-state index contributed by atoms with van der Waals surface area (Å²) >= 11 is 0. The highest BCUT2D eigenvalue weighted by atomic mass is 19.1. The van der Waals surface area contributed by atoms with E-state index in [1.165, 1.54) is 30.2 Å². The van der Waals surface area contributed by atoms with Gasteiger partial charge in [-0.25, -0.2) is 13.9 Å². The minimum Gasteiger partial charge on any atom is -0.383 e. The Morgan fingerprint density at radius 3 is 2.49 bits per heavy atom. The standard InChI is InChI=1S/C26H32FN5O3/c1-18-8-6-11-21(14-18)32-23(16-22(30-32)26(2,3)4)29-24(33)17-31(12-13-35-5)25(34)28-20-10-7-9-19(27)15-20/h6-11,14-16H,12-13,17H2,1-5H3,(H,28,34)(H,29,33). The SMILES string of the molecule is COCCN(CC(=O)Nc1cc(C(C)(C)C)nn1-c1cccc(C)c1)C(=O)Nc1cccc(F)c1. The lowest BCUT2D eigenvalue weighted by molar-refractivity contribution is -0.116. The van der Waals surface area contributed by atoms with Crippen LogP contribution in [0.15, 0.2) is 54.6 Å². The summed E-state index contributed by atoms with van der Waals surface area (Å²) in [5.74, 6) is -0.365. The quantitative estimate of drug-likeness (QED) is 0.487. The van der Waals surface area contributed by atoms with Crippen LogP contribution in [0.5, 0.6) is 0 Å². The van der Waals surface area contributed by atoms with Crippen LogP contribution in [0.25, 0.3) is 5.69 Å². The summed E-state index contributed by atoms with van der Waals surface area (Å²) in [5.41, 5.74) is 2.76. The van der Waals surface area contributed by atoms with E-state index in [0.717, 1.165) is 16.9 Å². The summed E-state index contributed by atoms with van der Waals surface area (Å²) in [6, 6.07) is 14.7. The highest BCUT2D eigenvalue weighted by Gasteiger charge is 2.23. The summed E-state index contributed by atoms with van der Waals surface area (Å²) in [6.07, 6.45) is 0. The minimum atomic E-state index is -0.537. The van der Waals surface area contributed by atoms with Crippen molar-refractivity contribution in [1.82, 2.24) is 14.7 Å². The second-order valence-corrected chi connectivity index (χ2v) is 9.32. The molecule has 2 N–H and O–H groups in total. The van der Waals surface area contributed by atoms with E-state index >= 15 is 0 Å². The van der Waals surface area contributed by atoms with E-state index in [1.54, 1.807) is 10.7 Å². The third-order valence-corrected chi connectivity index (χ3v) is 5.25. The van der Waals surface area contributed by atoms with E-state index in [-0.39, 0.29) is 25.1 Å². The second kappa shape index (κ2) is 11.1. The van der Waals surface area contributed by atoms with Crippen LogP contribution < -0.4 is 10.6 Å². The molecule has 3 aromatic rings. The number of halogens is 1. The molecule has 0 bridgehead atoms. The number of rotatable bonds is 8. The number of methoxy groups -OCH3 is 1. The molecule has 0 aliphatic heterocycles. The van der Waals surface area contributed by atoms with Crippen LogP contribution in [0.1, 0.15) is 32.0 Å². The Morgan fingerprint density at radius 1 is 1.09 bits per heavy atom. The van der Waals surface area contributed by atoms with Gasteiger partial charge >= 0.3 is 6.03 Å². The molecule has 0 radical (unpaired) electrons. The van der Waals surface area contributed by atoms with Gasteiger partial charge in [0, 0.05) is 30.8 Å². The Labute approximate surface area is 205 Å². The van der Waals surface area contributed by atoms with Crippen LogP contribution >= 0.6 is 0 Å². The number of carbonyl (C=O) groups excluding carboxylic acids is 2. The van der Waals surface area contributed by atoms with Crippen molar-refractivity contribution in [3.8, 4) is 5.69 Å². The van der Waals surface area contributed by atoms with Crippen molar-refractivity contribution in [2.24, 2.45) is 0 Å². The van der Waals surface area contributed by atoms with Crippen LogP contribution in [-0.4, -0.2) is 53.4 Å². The molecule has 35 heavy (non-hydrogen) atoms. The van der Waals surface area contributed by atoms with Gasteiger partial charge in [-0.1, -0.05) is 39.0 Å². The first-order chi connectivity index (χ1) is 16.6. The normalized spacial score (nSPS) is 11.3. The number of urea groups is 1. The van der Waals surface area contributed by atoms with E-state index in [0.29, 0.717) is 11.5 Å². The molecule has 8 nitrogen and oxygen atoms in total. The van der Waals surface area contributed by atoms with Gasteiger partial charge < -0.3 is 20.3 Å². The Bertz CT molecular complexity index is 1190. The van der Waals surface area contributed by atoms with Crippen LogP contribution in [0.4, 0.5) is 20.7 Å². The average Bonchev–Trinajstić information content (AvgIpc) is 3.21. The topological polar surface area (TPSA) is 88.5 Å². The van der Waals surface area contributed by atoms with E-state index in [2.05, 4.69) is 10.6 Å². The highest BCUT2D eigenvalue weighted by Crippen LogP contribution is 2.26. The van der Waals surface area contributed by atoms with Crippen molar-refractivity contribution in [3.05, 3.63) is 71.7 Å². The summed E-state index contributed by atoms with van der Waals surface area (Å²) < 4.78 is 20.3. The molecule has 0 aliphatic rings. The first-order valence-electron chi connectivity index (χ1n) is 11.3. The monoisotopic (exact) mass is 481 g/mol. The van der Waals surface area contributed by atoms with E-state index < -0.39 is 17.8 Å². The number of hydrogen-bond acceptors (Lipinski definition) is 4. The predicted octanol–water partition coefficient (Wildman–Crippen LogP) is 4.74. The lowest BCUT2D eigenvalue weighted by Crippen LogP contribution is -2.42. The number of benzene rings is 2. The largest absolute Gasteiger partial charge is 0.383 e. The molecule has 186 valence electrons. The fourth-order valence-electron chi connectivity index (χ4n) is 3.37. The molecule has 1 heterocycles. The molecule has 2 aromatic carbocycles. The van der Waals surface area contributed by atoms with Gasteiger partial charge in [-0.05, 0) is 42.8 Å². The van der Waals surface area contributed by atoms with Gasteiger partial charge in [-0.2, -0.15) is 5.10 Å². The van der Waals surface area contributed by atoms with Crippen molar-refractivity contribution >= 4 is 23.4 Å². The summed E-state index contributed by atoms with van der Waals surface area (Å²) in [7, 11) is 1.51. The Morgan fingerprint density at radius 2 is 1.83 bits per heavy atom. The molecule has 0 atom stereocenters. The van der Waals surface area contributed by atoms with Crippen LogP contribution in [0.2, 0.25) is 0 Å². The molecule has 1 aromatic heterocycles. The number of nitrogens with zero attached hydrogens (tertiary/aromatic N) is 3. The predicted molar refractivity (Wildman–Crippen MR) is 134 cm³/mol. The van der Waals surface area contributed by atoms with Crippen LogP contribution in [0.3, 0.4) is 0 Å². The second-order valence-electron chi connectivity index (χ2n) is 9.32. The Balaban J connectivity index is 1.81. The number of ether oxygens (including phenoxy) is 1. The van der Waals surface area contributed by atoms with Gasteiger partial charge in [-0.15, -0.1) is 0 Å². The average molecular weight is 482 g/mol. The number of aryl methyl sites for hydroxylation is 1. The maximum Gasteiger partial charge on any atom is 0.322 e. The van der Waals surface area contributed by atoms with Gasteiger partial charge in [0.1, 0.15) is 18.2 Å². The molecule has 0 unspecified atom stereocenters. The number of amides is 3. The van der Waals surface area contributed by atoms with Crippen molar-refractivity contribution in [3.63, 3.8) is 0 Å². The smallest absolute Gasteiger partial charge is 0.322 e. The molecule has 3 amide bonds. The molecule has 0 saturated heterocycles. The Hall–Kier alpha value is -3.72. The first kappa shape index (κ1) is 25.9. The minimum absolute atomic E-state index is 0.176. The third kappa shape index (κ3) is 7.13. The van der Waals surface area contributed by atoms with Crippen molar-refractivity contribution in [2.45, 2.75) is 33.1 Å². The number of carbonyl (C=O) groups is 2. The molecule has 0 saturated carbocycles. The van der Waals surface area contributed by atoms with Crippen molar-refractivity contribution < 1.29 is 18.7 Å². The molecule has 3 rings (SSSR count). The molecule has 0 fully saturated rings.